The van der Waals surface area contributed by atoms with Gasteiger partial charge in [0, 0.05) is 15.5 Å². The molecule has 0 N–H and O–H groups in total. The average Bonchev–Trinajstić information content (AvgIpc) is 2.74. The molecule has 18 heavy (non-hydrogen) atoms. The van der Waals surface area contributed by atoms with E-state index in [9.17, 15) is 0 Å². The molecule has 1 fully saturated rings. The average molecular weight is 262 g/mol. The van der Waals surface area contributed by atoms with Gasteiger partial charge in [0.15, 0.2) is 5.79 Å². The third kappa shape index (κ3) is 2.58. The Morgan fingerprint density at radius 3 is 2.67 bits per heavy atom. The molecule has 1 aromatic carbocycles. The summed E-state index contributed by atoms with van der Waals surface area (Å²) in [4.78, 5) is 1.42. The van der Waals surface area contributed by atoms with Crippen molar-refractivity contribution in [3.05, 3.63) is 35.2 Å². The highest BCUT2D eigenvalue weighted by atomic mass is 32.1. The van der Waals surface area contributed by atoms with Crippen molar-refractivity contribution < 1.29 is 9.47 Å². The highest BCUT2D eigenvalue weighted by molar-refractivity contribution is 7.19. The van der Waals surface area contributed by atoms with Gasteiger partial charge in [-0.15, -0.1) is 11.3 Å². The number of benzene rings is 1. The fraction of sp³-hybridized carbons (Fsp3) is 0.467. The van der Waals surface area contributed by atoms with Gasteiger partial charge >= 0.3 is 0 Å². The molecule has 3 heteroatoms. The van der Waals surface area contributed by atoms with Crippen molar-refractivity contribution in [2.75, 3.05) is 13.2 Å². The second-order valence-corrected chi connectivity index (χ2v) is 6.51. The second kappa shape index (κ2) is 4.65. The van der Waals surface area contributed by atoms with E-state index in [1.54, 1.807) is 0 Å². The maximum Gasteiger partial charge on any atom is 0.162 e. The monoisotopic (exact) mass is 262 g/mol. The summed E-state index contributed by atoms with van der Waals surface area (Å²) in [5.74, 6) is 0.0718. The van der Waals surface area contributed by atoms with Crippen molar-refractivity contribution in [2.24, 2.45) is 5.92 Å². The molecule has 1 aromatic heterocycles. The molecule has 1 saturated heterocycles. The smallest absolute Gasteiger partial charge is 0.162 e. The molecule has 0 atom stereocenters. The first-order chi connectivity index (χ1) is 8.62. The summed E-state index contributed by atoms with van der Waals surface area (Å²) >= 11 is 1.88. The third-order valence-electron chi connectivity index (χ3n) is 3.30. The molecular formula is C15H18O2S. The van der Waals surface area contributed by atoms with Crippen LogP contribution >= 0.6 is 11.3 Å². The highest BCUT2D eigenvalue weighted by Gasteiger charge is 2.28. The molecule has 0 spiro atoms. The third-order valence-corrected chi connectivity index (χ3v) is 4.44. The van der Waals surface area contributed by atoms with Crippen molar-refractivity contribution in [1.29, 1.82) is 0 Å². The van der Waals surface area contributed by atoms with Crippen molar-refractivity contribution in [2.45, 2.75) is 26.1 Å². The van der Waals surface area contributed by atoms with Crippen LogP contribution in [0.2, 0.25) is 0 Å². The molecule has 0 bridgehead atoms. The SMILES string of the molecule is CC1(C)OCC(Cc2cc3ccccc3s2)CO1. The molecule has 0 aliphatic carbocycles. The number of hydrogen-bond donors (Lipinski definition) is 0. The zero-order chi connectivity index (χ0) is 12.6. The van der Waals surface area contributed by atoms with Crippen LogP contribution in [0, 0.1) is 5.92 Å². The number of hydrogen-bond acceptors (Lipinski definition) is 3. The lowest BCUT2D eigenvalue weighted by Gasteiger charge is -2.34. The van der Waals surface area contributed by atoms with Crippen molar-refractivity contribution in [3.63, 3.8) is 0 Å². The van der Waals surface area contributed by atoms with Crippen LogP contribution in [-0.4, -0.2) is 19.0 Å². The standard InChI is InChI=1S/C15H18O2S/c1-15(2)16-9-11(10-17-15)7-13-8-12-5-3-4-6-14(12)18-13/h3-6,8,11H,7,9-10H2,1-2H3. The van der Waals surface area contributed by atoms with E-state index in [1.165, 1.54) is 15.0 Å². The predicted molar refractivity (Wildman–Crippen MR) is 75.0 cm³/mol. The van der Waals surface area contributed by atoms with Crippen LogP contribution in [0.3, 0.4) is 0 Å². The molecule has 96 valence electrons. The Labute approximate surface area is 112 Å². The minimum absolute atomic E-state index is 0.406. The first-order valence-electron chi connectivity index (χ1n) is 6.38. The van der Waals surface area contributed by atoms with Gasteiger partial charge in [0.2, 0.25) is 0 Å². The number of ether oxygens (including phenoxy) is 2. The van der Waals surface area contributed by atoms with Crippen molar-refractivity contribution >= 4 is 21.4 Å². The summed E-state index contributed by atoms with van der Waals surface area (Å²) in [6.07, 6.45) is 1.05. The van der Waals surface area contributed by atoms with Gasteiger partial charge in [-0.25, -0.2) is 0 Å². The lowest BCUT2D eigenvalue weighted by molar-refractivity contribution is -0.261. The first kappa shape index (κ1) is 12.2. The lowest BCUT2D eigenvalue weighted by Crippen LogP contribution is -2.39. The van der Waals surface area contributed by atoms with Gasteiger partial charge in [0.25, 0.3) is 0 Å². The first-order valence-corrected chi connectivity index (χ1v) is 7.19. The summed E-state index contributed by atoms with van der Waals surface area (Å²) in [5, 5.41) is 1.34. The van der Waals surface area contributed by atoms with Gasteiger partial charge in [-0.05, 0) is 37.8 Å². The largest absolute Gasteiger partial charge is 0.350 e. The van der Waals surface area contributed by atoms with Gasteiger partial charge in [-0.3, -0.25) is 0 Å². The zero-order valence-electron chi connectivity index (χ0n) is 10.8. The molecule has 0 saturated carbocycles. The zero-order valence-corrected chi connectivity index (χ0v) is 11.6. The number of thiophene rings is 1. The Morgan fingerprint density at radius 2 is 1.94 bits per heavy atom. The molecule has 2 heterocycles. The molecule has 2 nitrogen and oxygen atoms in total. The Morgan fingerprint density at radius 1 is 1.22 bits per heavy atom. The van der Waals surface area contributed by atoms with E-state index in [0.717, 1.165) is 19.6 Å². The van der Waals surface area contributed by atoms with Crippen molar-refractivity contribution in [1.82, 2.24) is 0 Å². The number of fused-ring (bicyclic) bond motifs is 1. The molecule has 3 rings (SSSR count). The van der Waals surface area contributed by atoms with Crippen LogP contribution in [0.15, 0.2) is 30.3 Å². The van der Waals surface area contributed by atoms with E-state index >= 15 is 0 Å². The van der Waals surface area contributed by atoms with Crippen LogP contribution in [0.25, 0.3) is 10.1 Å². The Bertz CT molecular complexity index is 501. The quantitative estimate of drug-likeness (QED) is 0.818. The normalized spacial score (nSPS) is 20.3. The van der Waals surface area contributed by atoms with Gasteiger partial charge < -0.3 is 9.47 Å². The summed E-state index contributed by atoms with van der Waals surface area (Å²) in [6.45, 7) is 5.54. The highest BCUT2D eigenvalue weighted by Crippen LogP contribution is 2.29. The van der Waals surface area contributed by atoms with Crippen LogP contribution in [0.1, 0.15) is 18.7 Å². The minimum atomic E-state index is -0.406. The van der Waals surface area contributed by atoms with Crippen LogP contribution < -0.4 is 0 Å². The van der Waals surface area contributed by atoms with E-state index in [0.29, 0.717) is 5.92 Å². The Kier molecular flexibility index (Phi) is 3.14. The summed E-state index contributed by atoms with van der Waals surface area (Å²) in [5.41, 5.74) is 0. The van der Waals surface area contributed by atoms with Crippen molar-refractivity contribution in [3.8, 4) is 0 Å². The van der Waals surface area contributed by atoms with E-state index < -0.39 is 5.79 Å². The Balaban J connectivity index is 1.69. The summed E-state index contributed by atoms with van der Waals surface area (Å²) in [6, 6.07) is 10.8. The van der Waals surface area contributed by atoms with Crippen LogP contribution in [0.4, 0.5) is 0 Å². The van der Waals surface area contributed by atoms with Crippen LogP contribution in [-0.2, 0) is 15.9 Å². The number of rotatable bonds is 2. The minimum Gasteiger partial charge on any atom is -0.350 e. The Hall–Kier alpha value is -0.900. The van der Waals surface area contributed by atoms with E-state index in [1.807, 2.05) is 25.2 Å². The molecule has 1 aliphatic rings. The maximum absolute atomic E-state index is 5.71. The van der Waals surface area contributed by atoms with E-state index in [2.05, 4.69) is 30.3 Å². The predicted octanol–water partition coefficient (Wildman–Crippen LogP) is 3.84. The van der Waals surface area contributed by atoms with Crippen LogP contribution in [0.5, 0.6) is 0 Å². The molecule has 1 aliphatic heterocycles. The van der Waals surface area contributed by atoms with Gasteiger partial charge in [-0.1, -0.05) is 18.2 Å². The second-order valence-electron chi connectivity index (χ2n) is 5.34. The van der Waals surface area contributed by atoms with Gasteiger partial charge in [-0.2, -0.15) is 0 Å². The lowest BCUT2D eigenvalue weighted by atomic mass is 10.0. The van der Waals surface area contributed by atoms with Gasteiger partial charge in [0.05, 0.1) is 13.2 Å². The van der Waals surface area contributed by atoms with E-state index in [4.69, 9.17) is 9.47 Å². The maximum atomic E-state index is 5.71. The van der Waals surface area contributed by atoms with E-state index in [-0.39, 0.29) is 0 Å². The molecular weight excluding hydrogens is 244 g/mol. The molecule has 0 radical (unpaired) electrons. The van der Waals surface area contributed by atoms with Gasteiger partial charge in [0.1, 0.15) is 0 Å². The summed E-state index contributed by atoms with van der Waals surface area (Å²) < 4.78 is 12.8. The molecule has 0 unspecified atom stereocenters. The fourth-order valence-electron chi connectivity index (χ4n) is 2.27. The molecule has 0 amide bonds. The fourth-order valence-corrected chi connectivity index (χ4v) is 3.45. The summed E-state index contributed by atoms with van der Waals surface area (Å²) in [7, 11) is 0. The topological polar surface area (TPSA) is 18.5 Å². The molecule has 2 aromatic rings.